The van der Waals surface area contributed by atoms with Crippen LogP contribution in [-0.4, -0.2) is 11.1 Å². The summed E-state index contributed by atoms with van der Waals surface area (Å²) in [4.78, 5) is 5.16. The van der Waals surface area contributed by atoms with Gasteiger partial charge >= 0.3 is 0 Å². The first-order valence-corrected chi connectivity index (χ1v) is 5.60. The number of anilines is 1. The third-order valence-electron chi connectivity index (χ3n) is 1.88. The fraction of sp³-hybridized carbons (Fsp3) is 0.667. The third kappa shape index (κ3) is 3.61. The molecule has 3 N–H and O–H groups in total. The van der Waals surface area contributed by atoms with Crippen molar-refractivity contribution in [2.75, 3.05) is 5.43 Å². The quantitative estimate of drug-likeness (QED) is 0.564. The minimum Gasteiger partial charge on any atom is -0.373 e. The van der Waals surface area contributed by atoms with Crippen LogP contribution < -0.4 is 11.3 Å². The lowest BCUT2D eigenvalue weighted by Gasteiger charge is -2.09. The molecule has 0 spiro atoms. The van der Waals surface area contributed by atoms with E-state index in [0.717, 1.165) is 22.9 Å². The molecule has 0 radical (unpaired) electrons. The van der Waals surface area contributed by atoms with Crippen molar-refractivity contribution in [3.63, 3.8) is 0 Å². The van der Waals surface area contributed by atoms with Gasteiger partial charge in [-0.25, -0.2) is 10.8 Å². The van der Waals surface area contributed by atoms with Crippen molar-refractivity contribution in [2.24, 2.45) is 5.84 Å². The molecule has 5 heteroatoms. The fourth-order valence-corrected chi connectivity index (χ4v) is 1.80. The number of rotatable bonds is 6. The van der Waals surface area contributed by atoms with Crippen LogP contribution >= 0.6 is 11.3 Å². The maximum Gasteiger partial charge on any atom is 0.197 e. The summed E-state index contributed by atoms with van der Waals surface area (Å²) in [6.45, 7) is 4.87. The summed E-state index contributed by atoms with van der Waals surface area (Å²) in [6, 6.07) is 0. The number of thiazole rings is 1. The first-order valence-electron chi connectivity index (χ1n) is 4.79. The van der Waals surface area contributed by atoms with E-state index in [9.17, 15) is 0 Å². The van der Waals surface area contributed by atoms with Crippen LogP contribution in [0.1, 0.15) is 31.6 Å². The highest BCUT2D eigenvalue weighted by molar-refractivity contribution is 7.15. The van der Waals surface area contributed by atoms with Crippen LogP contribution in [0.2, 0.25) is 0 Å². The lowest BCUT2D eigenvalue weighted by Crippen LogP contribution is -2.06. The number of hydrogen-bond acceptors (Lipinski definition) is 5. The summed E-state index contributed by atoms with van der Waals surface area (Å²) in [5, 5.41) is 0.728. The van der Waals surface area contributed by atoms with Gasteiger partial charge in [0.1, 0.15) is 0 Å². The van der Waals surface area contributed by atoms with Gasteiger partial charge < -0.3 is 4.74 Å². The molecule has 0 saturated heterocycles. The Labute approximate surface area is 88.5 Å². The topological polar surface area (TPSA) is 60.2 Å². The zero-order chi connectivity index (χ0) is 10.4. The number of hydrazine groups is 1. The molecule has 0 fully saturated rings. The molecule has 0 aliphatic carbocycles. The van der Waals surface area contributed by atoms with Crippen molar-refractivity contribution >= 4 is 16.5 Å². The summed E-state index contributed by atoms with van der Waals surface area (Å²) in [5.41, 5.74) is 2.51. The minimum absolute atomic E-state index is 0.316. The number of nitrogens with two attached hydrogens (primary N) is 1. The number of nitrogen functional groups attached to an aromatic ring is 1. The summed E-state index contributed by atoms with van der Waals surface area (Å²) in [7, 11) is 0. The van der Waals surface area contributed by atoms with Crippen LogP contribution in [0.4, 0.5) is 5.13 Å². The molecular formula is C9H17N3OS. The van der Waals surface area contributed by atoms with Gasteiger partial charge in [-0.3, -0.25) is 5.43 Å². The van der Waals surface area contributed by atoms with Gasteiger partial charge in [-0.1, -0.05) is 24.7 Å². The second kappa shape index (κ2) is 5.95. The van der Waals surface area contributed by atoms with Gasteiger partial charge in [0.25, 0.3) is 0 Å². The molecule has 1 aromatic heterocycles. The first-order chi connectivity index (χ1) is 6.76. The Kier molecular flexibility index (Phi) is 4.86. The SMILES string of the molecule is CCCC(C)OCc1cnc(NN)s1. The van der Waals surface area contributed by atoms with Crippen molar-refractivity contribution in [3.8, 4) is 0 Å². The number of nitrogens with one attached hydrogen (secondary N) is 1. The van der Waals surface area contributed by atoms with Crippen molar-refractivity contribution in [3.05, 3.63) is 11.1 Å². The molecule has 0 amide bonds. The lowest BCUT2D eigenvalue weighted by atomic mass is 10.2. The van der Waals surface area contributed by atoms with E-state index >= 15 is 0 Å². The Hall–Kier alpha value is -0.650. The molecule has 0 aromatic carbocycles. The van der Waals surface area contributed by atoms with E-state index in [1.807, 2.05) is 0 Å². The summed E-state index contributed by atoms with van der Waals surface area (Å²) >= 11 is 1.52. The van der Waals surface area contributed by atoms with Crippen LogP contribution in [0, 0.1) is 0 Å². The molecule has 80 valence electrons. The first kappa shape index (κ1) is 11.4. The third-order valence-corrected chi connectivity index (χ3v) is 2.78. The zero-order valence-electron chi connectivity index (χ0n) is 8.62. The van der Waals surface area contributed by atoms with E-state index < -0.39 is 0 Å². The van der Waals surface area contributed by atoms with Crippen molar-refractivity contribution < 1.29 is 4.74 Å². The predicted octanol–water partition coefficient (Wildman–Crippen LogP) is 2.13. The Morgan fingerprint density at radius 3 is 3.07 bits per heavy atom. The second-order valence-electron chi connectivity index (χ2n) is 3.19. The van der Waals surface area contributed by atoms with E-state index in [1.165, 1.54) is 11.3 Å². The minimum atomic E-state index is 0.316. The molecule has 0 aliphatic heterocycles. The van der Waals surface area contributed by atoms with E-state index in [2.05, 4.69) is 24.3 Å². The standard InChI is InChI=1S/C9H17N3OS/c1-3-4-7(2)13-6-8-5-11-9(12-10)14-8/h5,7H,3-4,6,10H2,1-2H3,(H,11,12). The van der Waals surface area contributed by atoms with Crippen molar-refractivity contribution in [1.29, 1.82) is 0 Å². The van der Waals surface area contributed by atoms with Crippen LogP contribution in [-0.2, 0) is 11.3 Å². The molecule has 0 aliphatic rings. The average Bonchev–Trinajstić information content (AvgIpc) is 2.63. The molecular weight excluding hydrogens is 198 g/mol. The van der Waals surface area contributed by atoms with E-state index in [-0.39, 0.29) is 0 Å². The molecule has 1 unspecified atom stereocenters. The maximum atomic E-state index is 5.63. The largest absolute Gasteiger partial charge is 0.373 e. The van der Waals surface area contributed by atoms with E-state index in [1.54, 1.807) is 6.20 Å². The van der Waals surface area contributed by atoms with E-state index in [0.29, 0.717) is 12.7 Å². The van der Waals surface area contributed by atoms with Crippen molar-refractivity contribution in [1.82, 2.24) is 4.98 Å². The number of hydrogen-bond donors (Lipinski definition) is 2. The summed E-state index contributed by atoms with van der Waals surface area (Å²) < 4.78 is 5.63. The smallest absolute Gasteiger partial charge is 0.197 e. The molecule has 1 aromatic rings. The van der Waals surface area contributed by atoms with Crippen LogP contribution in [0.15, 0.2) is 6.20 Å². The van der Waals surface area contributed by atoms with Gasteiger partial charge in [-0.05, 0) is 13.3 Å². The van der Waals surface area contributed by atoms with Gasteiger partial charge in [-0.15, -0.1) is 0 Å². The molecule has 1 rings (SSSR count). The molecule has 1 atom stereocenters. The van der Waals surface area contributed by atoms with Crippen LogP contribution in [0.5, 0.6) is 0 Å². The van der Waals surface area contributed by atoms with Gasteiger partial charge in [0, 0.05) is 6.20 Å². The highest BCUT2D eigenvalue weighted by Gasteiger charge is 2.04. The van der Waals surface area contributed by atoms with Gasteiger partial charge in [-0.2, -0.15) is 0 Å². The fourth-order valence-electron chi connectivity index (χ4n) is 1.16. The normalized spacial score (nSPS) is 12.8. The Bertz CT molecular complexity index is 264. The predicted molar refractivity (Wildman–Crippen MR) is 59.1 cm³/mol. The number of nitrogens with zero attached hydrogens (tertiary/aromatic N) is 1. The molecule has 1 heterocycles. The van der Waals surface area contributed by atoms with Gasteiger partial charge in [0.05, 0.1) is 17.6 Å². The highest BCUT2D eigenvalue weighted by Crippen LogP contribution is 2.18. The van der Waals surface area contributed by atoms with Crippen molar-refractivity contribution in [2.45, 2.75) is 39.4 Å². The number of aromatic nitrogens is 1. The Morgan fingerprint density at radius 1 is 1.71 bits per heavy atom. The number of ether oxygens (including phenoxy) is 1. The molecule has 0 bridgehead atoms. The molecule has 0 saturated carbocycles. The van der Waals surface area contributed by atoms with Crippen LogP contribution in [0.25, 0.3) is 0 Å². The highest BCUT2D eigenvalue weighted by atomic mass is 32.1. The summed E-state index contributed by atoms with van der Waals surface area (Å²) in [5.74, 6) is 5.22. The van der Waals surface area contributed by atoms with Crippen LogP contribution in [0.3, 0.4) is 0 Å². The Morgan fingerprint density at radius 2 is 2.50 bits per heavy atom. The monoisotopic (exact) mass is 215 g/mol. The Balaban J connectivity index is 2.30. The van der Waals surface area contributed by atoms with Gasteiger partial charge in [0.2, 0.25) is 0 Å². The van der Waals surface area contributed by atoms with E-state index in [4.69, 9.17) is 10.6 Å². The summed E-state index contributed by atoms with van der Waals surface area (Å²) in [6.07, 6.45) is 4.36. The zero-order valence-corrected chi connectivity index (χ0v) is 9.43. The maximum absolute atomic E-state index is 5.63. The second-order valence-corrected chi connectivity index (χ2v) is 4.30. The lowest BCUT2D eigenvalue weighted by molar-refractivity contribution is 0.0487. The molecule has 4 nitrogen and oxygen atoms in total. The van der Waals surface area contributed by atoms with Gasteiger partial charge in [0.15, 0.2) is 5.13 Å². The average molecular weight is 215 g/mol. The molecule has 14 heavy (non-hydrogen) atoms.